The molecule has 76 valence electrons. The lowest BCUT2D eigenvalue weighted by atomic mass is 10.1. The van der Waals surface area contributed by atoms with Crippen LogP contribution in [-0.2, 0) is 7.05 Å². The highest BCUT2D eigenvalue weighted by Gasteiger charge is 2.11. The van der Waals surface area contributed by atoms with E-state index in [0.29, 0.717) is 0 Å². The molecule has 0 N–H and O–H groups in total. The normalized spacial score (nSPS) is 10.6. The molecule has 1 aromatic heterocycles. The fraction of sp³-hybridized carbons (Fsp3) is 0.154. The van der Waals surface area contributed by atoms with E-state index < -0.39 is 0 Å². The summed E-state index contributed by atoms with van der Waals surface area (Å²) < 4.78 is 2.08. The molecule has 0 unspecified atom stereocenters. The van der Waals surface area contributed by atoms with Crippen LogP contribution < -0.4 is 4.57 Å². The van der Waals surface area contributed by atoms with Crippen molar-refractivity contribution in [2.75, 3.05) is 0 Å². The molecule has 1 aromatic carbocycles. The van der Waals surface area contributed by atoms with Gasteiger partial charge >= 0.3 is 0 Å². The first-order valence-electron chi connectivity index (χ1n) is 4.84. The van der Waals surface area contributed by atoms with Gasteiger partial charge in [-0.05, 0) is 30.5 Å². The number of fused-ring (bicyclic) bond motifs is 1. The van der Waals surface area contributed by atoms with Crippen molar-refractivity contribution < 1.29 is 4.57 Å². The van der Waals surface area contributed by atoms with Gasteiger partial charge in [-0.25, -0.2) is 4.57 Å². The molecule has 0 fully saturated rings. The summed E-state index contributed by atoms with van der Waals surface area (Å²) in [7, 11) is 2.03. The minimum Gasteiger partial charge on any atom is -0.201 e. The first-order valence-corrected chi connectivity index (χ1v) is 5.22. The monoisotopic (exact) mass is 218 g/mol. The average Bonchev–Trinajstić information content (AvgIpc) is 2.20. The van der Waals surface area contributed by atoms with Gasteiger partial charge in [-0.1, -0.05) is 18.2 Å². The van der Waals surface area contributed by atoms with E-state index >= 15 is 0 Å². The summed E-state index contributed by atoms with van der Waals surface area (Å²) in [4.78, 5) is 0. The number of aryl methyl sites for hydroxylation is 2. The number of pyridine rings is 1. The first-order chi connectivity index (χ1) is 7.13. The zero-order valence-corrected chi connectivity index (χ0v) is 9.67. The molecule has 0 atom stereocenters. The van der Waals surface area contributed by atoms with Gasteiger partial charge in [0.1, 0.15) is 7.05 Å². The lowest BCUT2D eigenvalue weighted by molar-refractivity contribution is -0.672. The number of aromatic nitrogens is 1. The maximum absolute atomic E-state index is 5.99. The van der Waals surface area contributed by atoms with E-state index in [9.17, 15) is 0 Å². The Morgan fingerprint density at radius 2 is 2.13 bits per heavy atom. The minimum atomic E-state index is 0.773. The molecule has 0 saturated carbocycles. The standard InChI is InChI=1S/C13H13ClN/c1-4-13-9(2)12-7-11(14)6-5-10(12)8-15(13)3/h4-8H,1H2,2-3H3/q+1. The molecule has 2 heteroatoms. The van der Waals surface area contributed by atoms with Crippen LogP contribution in [0.2, 0.25) is 5.02 Å². The quantitative estimate of drug-likeness (QED) is 0.647. The van der Waals surface area contributed by atoms with Crippen LogP contribution >= 0.6 is 11.6 Å². The predicted molar refractivity (Wildman–Crippen MR) is 65.0 cm³/mol. The van der Waals surface area contributed by atoms with Crippen molar-refractivity contribution in [1.29, 1.82) is 0 Å². The molecule has 2 rings (SSSR count). The fourth-order valence-corrected chi connectivity index (χ4v) is 2.12. The molecule has 2 aromatic rings. The molecule has 1 heterocycles. The smallest absolute Gasteiger partial charge is 0.201 e. The van der Waals surface area contributed by atoms with Crippen LogP contribution in [0, 0.1) is 6.92 Å². The van der Waals surface area contributed by atoms with Gasteiger partial charge in [0.05, 0.1) is 0 Å². The van der Waals surface area contributed by atoms with Crippen molar-refractivity contribution in [3.8, 4) is 0 Å². The highest BCUT2D eigenvalue weighted by atomic mass is 35.5. The maximum atomic E-state index is 5.99. The van der Waals surface area contributed by atoms with Crippen LogP contribution in [0.15, 0.2) is 31.0 Å². The van der Waals surface area contributed by atoms with Crippen LogP contribution in [-0.4, -0.2) is 0 Å². The molecule has 0 aliphatic carbocycles. The number of rotatable bonds is 1. The van der Waals surface area contributed by atoms with Gasteiger partial charge in [0.15, 0.2) is 6.20 Å². The molecule has 0 aliphatic heterocycles. The molecule has 0 bridgehead atoms. The Kier molecular flexibility index (Phi) is 2.49. The minimum absolute atomic E-state index is 0.773. The van der Waals surface area contributed by atoms with E-state index in [2.05, 4.69) is 24.3 Å². The molecule has 0 aliphatic rings. The number of hydrogen-bond acceptors (Lipinski definition) is 0. The summed E-state index contributed by atoms with van der Waals surface area (Å²) in [6.45, 7) is 5.92. The number of benzene rings is 1. The fourth-order valence-electron chi connectivity index (χ4n) is 1.94. The summed E-state index contributed by atoms with van der Waals surface area (Å²) in [5.74, 6) is 0. The Morgan fingerprint density at radius 3 is 2.80 bits per heavy atom. The lowest BCUT2D eigenvalue weighted by Gasteiger charge is -2.04. The summed E-state index contributed by atoms with van der Waals surface area (Å²) in [5.41, 5.74) is 2.34. The molecule has 0 radical (unpaired) electrons. The molecule has 0 amide bonds. The van der Waals surface area contributed by atoms with Gasteiger partial charge in [0, 0.05) is 22.0 Å². The largest absolute Gasteiger partial charge is 0.207 e. The summed E-state index contributed by atoms with van der Waals surface area (Å²) in [6, 6.07) is 5.95. The van der Waals surface area contributed by atoms with E-state index in [0.717, 1.165) is 10.7 Å². The van der Waals surface area contributed by atoms with E-state index in [1.54, 1.807) is 0 Å². The summed E-state index contributed by atoms with van der Waals surface area (Å²) in [6.07, 6.45) is 3.96. The van der Waals surface area contributed by atoms with Gasteiger partial charge in [0.25, 0.3) is 0 Å². The van der Waals surface area contributed by atoms with Crippen LogP contribution in [0.3, 0.4) is 0 Å². The van der Waals surface area contributed by atoms with E-state index in [-0.39, 0.29) is 0 Å². The van der Waals surface area contributed by atoms with Gasteiger partial charge in [-0.3, -0.25) is 0 Å². The third kappa shape index (κ3) is 1.64. The van der Waals surface area contributed by atoms with Crippen molar-refractivity contribution in [2.24, 2.45) is 7.05 Å². The first kappa shape index (κ1) is 10.2. The zero-order valence-electron chi connectivity index (χ0n) is 8.92. The van der Waals surface area contributed by atoms with E-state index in [4.69, 9.17) is 11.6 Å². The van der Waals surface area contributed by atoms with Crippen LogP contribution in [0.4, 0.5) is 0 Å². The van der Waals surface area contributed by atoms with Crippen molar-refractivity contribution in [2.45, 2.75) is 6.92 Å². The Balaban J connectivity index is 2.92. The van der Waals surface area contributed by atoms with Gasteiger partial charge in [0.2, 0.25) is 5.69 Å². The SMILES string of the molecule is C=Cc1c(C)c2cc(Cl)ccc2c[n+]1C. The Morgan fingerprint density at radius 1 is 1.40 bits per heavy atom. The van der Waals surface area contributed by atoms with E-state index in [1.165, 1.54) is 16.3 Å². The topological polar surface area (TPSA) is 3.88 Å². The third-order valence-electron chi connectivity index (χ3n) is 2.71. The molecular formula is C13H13ClN+. The highest BCUT2D eigenvalue weighted by Crippen LogP contribution is 2.23. The number of nitrogens with zero attached hydrogens (tertiary/aromatic N) is 1. The van der Waals surface area contributed by atoms with Gasteiger partial charge < -0.3 is 0 Å². The number of hydrogen-bond donors (Lipinski definition) is 0. The second-order valence-corrected chi connectivity index (χ2v) is 4.12. The Hall–Kier alpha value is -1.34. The Bertz CT molecular complexity index is 544. The van der Waals surface area contributed by atoms with Crippen LogP contribution in [0.25, 0.3) is 16.8 Å². The molecule has 1 nitrogen and oxygen atoms in total. The lowest BCUT2D eigenvalue weighted by Crippen LogP contribution is -2.32. The van der Waals surface area contributed by atoms with Crippen molar-refractivity contribution in [1.82, 2.24) is 0 Å². The Labute approximate surface area is 94.6 Å². The van der Waals surface area contributed by atoms with Crippen LogP contribution in [0.5, 0.6) is 0 Å². The van der Waals surface area contributed by atoms with Crippen molar-refractivity contribution >= 4 is 28.4 Å². The molecule has 0 spiro atoms. The highest BCUT2D eigenvalue weighted by molar-refractivity contribution is 6.31. The average molecular weight is 219 g/mol. The number of halogens is 1. The molecule has 15 heavy (non-hydrogen) atoms. The zero-order chi connectivity index (χ0) is 11.0. The second kappa shape index (κ2) is 3.67. The summed E-state index contributed by atoms with van der Waals surface area (Å²) >= 11 is 5.99. The van der Waals surface area contributed by atoms with Gasteiger partial charge in [-0.2, -0.15) is 0 Å². The van der Waals surface area contributed by atoms with Crippen LogP contribution in [0.1, 0.15) is 11.3 Å². The third-order valence-corrected chi connectivity index (χ3v) is 2.94. The molecular weight excluding hydrogens is 206 g/mol. The van der Waals surface area contributed by atoms with E-state index in [1.807, 2.05) is 31.3 Å². The summed E-state index contributed by atoms with van der Waals surface area (Å²) in [5, 5.41) is 3.16. The van der Waals surface area contributed by atoms with Gasteiger partial charge in [-0.15, -0.1) is 0 Å². The maximum Gasteiger partial charge on any atom is 0.207 e. The molecule has 0 saturated heterocycles. The predicted octanol–water partition coefficient (Wildman–Crippen LogP) is 3.27. The second-order valence-electron chi connectivity index (χ2n) is 3.69. The van der Waals surface area contributed by atoms with Crippen molar-refractivity contribution in [3.05, 3.63) is 47.3 Å². The van der Waals surface area contributed by atoms with Crippen molar-refractivity contribution in [3.63, 3.8) is 0 Å².